The van der Waals surface area contributed by atoms with E-state index in [-0.39, 0.29) is 12.2 Å². The highest BCUT2D eigenvalue weighted by molar-refractivity contribution is 7.13. The number of thiazole rings is 1. The lowest BCUT2D eigenvalue weighted by Crippen LogP contribution is -2.44. The standard InChI is InChI=1S/C17H20N2O3S/c1-11-6-19(7-12(2)22-11)8-14-9-23-17(18-14)13-3-4-15-16(5-13)21-10-20-15/h3-5,9,11-12H,6-8,10H2,1-2H3/t11-,12+. The largest absolute Gasteiger partial charge is 0.454 e. The maximum absolute atomic E-state index is 5.79. The Morgan fingerprint density at radius 1 is 1.17 bits per heavy atom. The van der Waals surface area contributed by atoms with Crippen LogP contribution in [-0.2, 0) is 11.3 Å². The average molecular weight is 332 g/mol. The summed E-state index contributed by atoms with van der Waals surface area (Å²) in [7, 11) is 0. The van der Waals surface area contributed by atoms with Crippen molar-refractivity contribution >= 4 is 11.3 Å². The lowest BCUT2D eigenvalue weighted by molar-refractivity contribution is -0.0707. The molecule has 2 aliphatic heterocycles. The molecule has 0 spiro atoms. The molecule has 0 bridgehead atoms. The second-order valence-electron chi connectivity index (χ2n) is 6.16. The molecule has 6 heteroatoms. The normalized spacial score (nSPS) is 24.1. The molecule has 1 aromatic carbocycles. The molecule has 1 fully saturated rings. The van der Waals surface area contributed by atoms with Crippen LogP contribution < -0.4 is 9.47 Å². The second kappa shape index (κ2) is 6.11. The van der Waals surface area contributed by atoms with Crippen LogP contribution in [0.2, 0.25) is 0 Å². The molecule has 0 unspecified atom stereocenters. The summed E-state index contributed by atoms with van der Waals surface area (Å²) in [6, 6.07) is 5.99. The highest BCUT2D eigenvalue weighted by atomic mass is 32.1. The SMILES string of the molecule is C[C@@H]1CN(Cc2csc(-c3ccc4c(c3)OCO4)n2)C[C@H](C)O1. The zero-order chi connectivity index (χ0) is 15.8. The predicted octanol–water partition coefficient (Wildman–Crippen LogP) is 3.15. The fourth-order valence-corrected chi connectivity index (χ4v) is 3.99. The summed E-state index contributed by atoms with van der Waals surface area (Å²) < 4.78 is 16.6. The van der Waals surface area contributed by atoms with Crippen molar-refractivity contribution < 1.29 is 14.2 Å². The molecule has 1 saturated heterocycles. The van der Waals surface area contributed by atoms with E-state index in [2.05, 4.69) is 24.1 Å². The summed E-state index contributed by atoms with van der Waals surface area (Å²) in [6.07, 6.45) is 0.566. The van der Waals surface area contributed by atoms with Crippen molar-refractivity contribution in [1.82, 2.24) is 9.88 Å². The van der Waals surface area contributed by atoms with E-state index in [9.17, 15) is 0 Å². The molecule has 2 aromatic rings. The minimum Gasteiger partial charge on any atom is -0.454 e. The maximum Gasteiger partial charge on any atom is 0.231 e. The highest BCUT2D eigenvalue weighted by Gasteiger charge is 2.23. The zero-order valence-corrected chi connectivity index (χ0v) is 14.1. The van der Waals surface area contributed by atoms with Gasteiger partial charge in [-0.05, 0) is 32.0 Å². The van der Waals surface area contributed by atoms with Gasteiger partial charge in [-0.3, -0.25) is 4.90 Å². The Morgan fingerprint density at radius 3 is 2.78 bits per heavy atom. The van der Waals surface area contributed by atoms with Gasteiger partial charge in [0, 0.05) is 30.6 Å². The molecular weight excluding hydrogens is 312 g/mol. The van der Waals surface area contributed by atoms with E-state index in [1.807, 2.05) is 18.2 Å². The molecule has 0 aliphatic carbocycles. The van der Waals surface area contributed by atoms with Gasteiger partial charge in [0.25, 0.3) is 0 Å². The van der Waals surface area contributed by atoms with Crippen LogP contribution in [-0.4, -0.2) is 42.0 Å². The van der Waals surface area contributed by atoms with Crippen LogP contribution in [0.4, 0.5) is 0 Å². The molecule has 2 atom stereocenters. The van der Waals surface area contributed by atoms with Gasteiger partial charge in [-0.15, -0.1) is 11.3 Å². The molecular formula is C17H20N2O3S. The third-order valence-corrected chi connectivity index (χ3v) is 4.99. The number of nitrogens with zero attached hydrogens (tertiary/aromatic N) is 2. The van der Waals surface area contributed by atoms with Crippen LogP contribution in [0.5, 0.6) is 11.5 Å². The number of hydrogen-bond donors (Lipinski definition) is 0. The first-order valence-corrected chi connectivity index (χ1v) is 8.77. The van der Waals surface area contributed by atoms with E-state index in [1.165, 1.54) is 0 Å². The topological polar surface area (TPSA) is 43.8 Å². The molecule has 122 valence electrons. The van der Waals surface area contributed by atoms with Crippen molar-refractivity contribution in [2.24, 2.45) is 0 Å². The smallest absolute Gasteiger partial charge is 0.231 e. The molecule has 0 saturated carbocycles. The van der Waals surface area contributed by atoms with Gasteiger partial charge < -0.3 is 14.2 Å². The van der Waals surface area contributed by atoms with Gasteiger partial charge in [0.1, 0.15) is 5.01 Å². The van der Waals surface area contributed by atoms with Gasteiger partial charge in [-0.1, -0.05) is 0 Å². The van der Waals surface area contributed by atoms with Crippen LogP contribution in [0.25, 0.3) is 10.6 Å². The van der Waals surface area contributed by atoms with Crippen LogP contribution in [0.15, 0.2) is 23.6 Å². The summed E-state index contributed by atoms with van der Waals surface area (Å²) >= 11 is 1.67. The van der Waals surface area contributed by atoms with Crippen LogP contribution >= 0.6 is 11.3 Å². The summed E-state index contributed by atoms with van der Waals surface area (Å²) in [5.74, 6) is 1.61. The number of benzene rings is 1. The minimum absolute atomic E-state index is 0.283. The third-order valence-electron chi connectivity index (χ3n) is 4.05. The van der Waals surface area contributed by atoms with Gasteiger partial charge in [0.2, 0.25) is 6.79 Å². The lowest BCUT2D eigenvalue weighted by atomic mass is 10.2. The molecule has 1 aromatic heterocycles. The molecule has 0 amide bonds. The Kier molecular flexibility index (Phi) is 3.97. The van der Waals surface area contributed by atoms with Crippen molar-refractivity contribution in [3.05, 3.63) is 29.3 Å². The Hall–Kier alpha value is -1.63. The Morgan fingerprint density at radius 2 is 1.96 bits per heavy atom. The van der Waals surface area contributed by atoms with E-state index in [4.69, 9.17) is 19.2 Å². The first-order chi connectivity index (χ1) is 11.2. The Balaban J connectivity index is 1.48. The fourth-order valence-electron chi connectivity index (χ4n) is 3.18. The number of morpholine rings is 1. The Labute approximate surface area is 139 Å². The van der Waals surface area contributed by atoms with Crippen LogP contribution in [0, 0.1) is 0 Å². The monoisotopic (exact) mass is 332 g/mol. The quantitative estimate of drug-likeness (QED) is 0.864. The number of hydrogen-bond acceptors (Lipinski definition) is 6. The zero-order valence-electron chi connectivity index (χ0n) is 13.3. The van der Waals surface area contributed by atoms with E-state index >= 15 is 0 Å². The highest BCUT2D eigenvalue weighted by Crippen LogP contribution is 2.36. The first-order valence-electron chi connectivity index (χ1n) is 7.89. The maximum atomic E-state index is 5.79. The van der Waals surface area contributed by atoms with Crippen molar-refractivity contribution in [3.8, 4) is 22.1 Å². The molecule has 23 heavy (non-hydrogen) atoms. The van der Waals surface area contributed by atoms with E-state index < -0.39 is 0 Å². The predicted molar refractivity (Wildman–Crippen MR) is 89.0 cm³/mol. The molecule has 0 radical (unpaired) electrons. The molecule has 2 aliphatic rings. The van der Waals surface area contributed by atoms with Gasteiger partial charge in [-0.2, -0.15) is 0 Å². The average Bonchev–Trinajstić information content (AvgIpc) is 3.14. The Bertz CT molecular complexity index is 693. The molecule has 3 heterocycles. The van der Waals surface area contributed by atoms with Crippen molar-refractivity contribution in [2.45, 2.75) is 32.6 Å². The van der Waals surface area contributed by atoms with Crippen molar-refractivity contribution in [3.63, 3.8) is 0 Å². The van der Waals surface area contributed by atoms with E-state index in [1.54, 1.807) is 11.3 Å². The minimum atomic E-state index is 0.283. The van der Waals surface area contributed by atoms with Crippen LogP contribution in [0.1, 0.15) is 19.5 Å². The van der Waals surface area contributed by atoms with Crippen molar-refractivity contribution in [2.75, 3.05) is 19.9 Å². The van der Waals surface area contributed by atoms with Gasteiger partial charge in [-0.25, -0.2) is 4.98 Å². The van der Waals surface area contributed by atoms with Gasteiger partial charge in [0.05, 0.1) is 17.9 Å². The number of fused-ring (bicyclic) bond motifs is 1. The van der Waals surface area contributed by atoms with Crippen molar-refractivity contribution in [1.29, 1.82) is 0 Å². The summed E-state index contributed by atoms with van der Waals surface area (Å²) in [5, 5.41) is 3.16. The summed E-state index contributed by atoms with van der Waals surface area (Å²) in [5.41, 5.74) is 2.19. The molecule has 0 N–H and O–H groups in total. The summed E-state index contributed by atoms with van der Waals surface area (Å²) in [4.78, 5) is 7.20. The van der Waals surface area contributed by atoms with E-state index in [0.717, 1.165) is 47.4 Å². The number of aromatic nitrogens is 1. The summed E-state index contributed by atoms with van der Waals surface area (Å²) in [6.45, 7) is 7.35. The number of rotatable bonds is 3. The van der Waals surface area contributed by atoms with Gasteiger partial charge in [0.15, 0.2) is 11.5 Å². The third kappa shape index (κ3) is 3.20. The second-order valence-corrected chi connectivity index (χ2v) is 7.02. The fraction of sp³-hybridized carbons (Fsp3) is 0.471. The van der Waals surface area contributed by atoms with Crippen LogP contribution in [0.3, 0.4) is 0 Å². The molecule has 4 rings (SSSR count). The lowest BCUT2D eigenvalue weighted by Gasteiger charge is -2.34. The van der Waals surface area contributed by atoms with Gasteiger partial charge >= 0.3 is 0 Å². The first kappa shape index (κ1) is 14.9. The molecule has 5 nitrogen and oxygen atoms in total. The van der Waals surface area contributed by atoms with E-state index in [0.29, 0.717) is 6.79 Å². The number of ether oxygens (including phenoxy) is 3.